The van der Waals surface area contributed by atoms with Crippen LogP contribution in [0, 0.1) is 0 Å². The maximum absolute atomic E-state index is 12.5. The van der Waals surface area contributed by atoms with Crippen molar-refractivity contribution in [2.45, 2.75) is 10.9 Å². The quantitative estimate of drug-likeness (QED) is 0.459. The molecule has 3 heterocycles. The number of para-hydroxylation sites is 3. The molecule has 0 aliphatic rings. The van der Waals surface area contributed by atoms with Crippen LogP contribution in [0.3, 0.4) is 0 Å². The second kappa shape index (κ2) is 5.70. The summed E-state index contributed by atoms with van der Waals surface area (Å²) in [7, 11) is 1.70. The normalized spacial score (nSPS) is 11.7. The minimum Gasteiger partial charge on any atom is -0.440 e. The van der Waals surface area contributed by atoms with Gasteiger partial charge in [-0.05, 0) is 24.3 Å². The van der Waals surface area contributed by atoms with Crippen LogP contribution < -0.4 is 5.56 Å². The minimum atomic E-state index is -0.0870. The van der Waals surface area contributed by atoms with Gasteiger partial charge in [0.25, 0.3) is 5.56 Å². The smallest absolute Gasteiger partial charge is 0.262 e. The zero-order valence-electron chi connectivity index (χ0n) is 13.8. The molecule has 0 bridgehead atoms. The predicted molar refractivity (Wildman–Crippen MR) is 99.3 cm³/mol. The van der Waals surface area contributed by atoms with E-state index in [4.69, 9.17) is 4.42 Å². The van der Waals surface area contributed by atoms with Crippen LogP contribution in [0.5, 0.6) is 0 Å². The summed E-state index contributed by atoms with van der Waals surface area (Å²) in [5, 5.41) is 9.77. The van der Waals surface area contributed by atoms with Crippen molar-refractivity contribution < 1.29 is 4.42 Å². The number of hydrogen-bond acceptors (Lipinski definition) is 6. The Bertz CT molecular complexity index is 1300. The number of fused-ring (bicyclic) bond motifs is 4. The lowest BCUT2D eigenvalue weighted by Gasteiger charge is -2.06. The van der Waals surface area contributed by atoms with Gasteiger partial charge in [0.2, 0.25) is 11.7 Å². The Balaban J connectivity index is 1.60. The van der Waals surface area contributed by atoms with Gasteiger partial charge in [-0.3, -0.25) is 13.8 Å². The number of aryl methyl sites for hydroxylation is 1. The SMILES string of the molecule is Cn1c(=O)c2ccccc2n2c(SCc3nc4ccccc4o3)nnc12. The summed E-state index contributed by atoms with van der Waals surface area (Å²) in [5.41, 5.74) is 2.30. The zero-order chi connectivity index (χ0) is 17.7. The lowest BCUT2D eigenvalue weighted by Crippen LogP contribution is -2.20. The number of benzene rings is 2. The van der Waals surface area contributed by atoms with Crippen molar-refractivity contribution in [3.63, 3.8) is 0 Å². The number of oxazole rings is 1. The van der Waals surface area contributed by atoms with Crippen LogP contribution in [0.4, 0.5) is 0 Å². The summed E-state index contributed by atoms with van der Waals surface area (Å²) < 4.78 is 9.17. The molecule has 26 heavy (non-hydrogen) atoms. The summed E-state index contributed by atoms with van der Waals surface area (Å²) in [4.78, 5) is 17.0. The molecule has 0 N–H and O–H groups in total. The van der Waals surface area contributed by atoms with Gasteiger partial charge in [0, 0.05) is 7.05 Å². The monoisotopic (exact) mass is 363 g/mol. The first-order valence-corrected chi connectivity index (χ1v) is 9.01. The van der Waals surface area contributed by atoms with E-state index in [9.17, 15) is 4.79 Å². The second-order valence-electron chi connectivity index (χ2n) is 5.86. The molecule has 0 aliphatic carbocycles. The van der Waals surface area contributed by atoms with E-state index in [0.717, 1.165) is 16.6 Å². The Morgan fingerprint density at radius 3 is 2.77 bits per heavy atom. The lowest BCUT2D eigenvalue weighted by molar-refractivity contribution is 0.556. The zero-order valence-corrected chi connectivity index (χ0v) is 14.6. The van der Waals surface area contributed by atoms with Gasteiger partial charge in [-0.25, -0.2) is 4.98 Å². The van der Waals surface area contributed by atoms with Crippen molar-refractivity contribution in [1.29, 1.82) is 0 Å². The highest BCUT2D eigenvalue weighted by Crippen LogP contribution is 2.25. The summed E-state index contributed by atoms with van der Waals surface area (Å²) in [5.74, 6) is 1.66. The van der Waals surface area contributed by atoms with E-state index in [2.05, 4.69) is 15.2 Å². The Labute approximate surface area is 151 Å². The van der Waals surface area contributed by atoms with E-state index in [1.54, 1.807) is 7.05 Å². The molecule has 5 aromatic rings. The van der Waals surface area contributed by atoms with Crippen molar-refractivity contribution in [2.75, 3.05) is 0 Å². The van der Waals surface area contributed by atoms with Crippen LogP contribution in [0.15, 0.2) is 62.9 Å². The third-order valence-electron chi connectivity index (χ3n) is 4.26. The highest BCUT2D eigenvalue weighted by molar-refractivity contribution is 7.98. The van der Waals surface area contributed by atoms with Gasteiger partial charge in [-0.2, -0.15) is 0 Å². The highest BCUT2D eigenvalue weighted by atomic mass is 32.2. The minimum absolute atomic E-state index is 0.0870. The standard InChI is InChI=1S/C18H13N5O2S/c1-22-16(24)11-6-2-4-8-13(11)23-17(22)20-21-18(23)26-10-15-19-12-7-3-5-9-14(12)25-15/h2-9H,10H2,1H3. The van der Waals surface area contributed by atoms with Crippen LogP contribution in [0.2, 0.25) is 0 Å². The van der Waals surface area contributed by atoms with Crippen molar-refractivity contribution in [3.05, 3.63) is 64.8 Å². The Kier molecular flexibility index (Phi) is 3.32. The molecule has 0 aliphatic heterocycles. The third kappa shape index (κ3) is 2.22. The van der Waals surface area contributed by atoms with Crippen LogP contribution in [-0.2, 0) is 12.8 Å². The number of thioether (sulfide) groups is 1. The van der Waals surface area contributed by atoms with E-state index in [0.29, 0.717) is 28.0 Å². The molecule has 128 valence electrons. The fraction of sp³-hybridized carbons (Fsp3) is 0.111. The van der Waals surface area contributed by atoms with E-state index < -0.39 is 0 Å². The molecule has 0 fully saturated rings. The van der Waals surface area contributed by atoms with Gasteiger partial charge >= 0.3 is 0 Å². The van der Waals surface area contributed by atoms with Crippen LogP contribution >= 0.6 is 11.8 Å². The fourth-order valence-electron chi connectivity index (χ4n) is 3.01. The molecule has 5 rings (SSSR count). The molecule has 0 radical (unpaired) electrons. The molecule has 3 aromatic heterocycles. The molecule has 2 aromatic carbocycles. The molecule has 0 spiro atoms. The van der Waals surface area contributed by atoms with Crippen LogP contribution in [0.1, 0.15) is 5.89 Å². The Morgan fingerprint density at radius 2 is 1.88 bits per heavy atom. The summed E-state index contributed by atoms with van der Waals surface area (Å²) in [6.07, 6.45) is 0. The first-order chi connectivity index (χ1) is 12.7. The fourth-order valence-corrected chi connectivity index (χ4v) is 3.80. The maximum atomic E-state index is 12.5. The van der Waals surface area contributed by atoms with Gasteiger partial charge in [-0.1, -0.05) is 36.0 Å². The van der Waals surface area contributed by atoms with Crippen molar-refractivity contribution in [3.8, 4) is 0 Å². The van der Waals surface area contributed by atoms with Crippen molar-refractivity contribution in [1.82, 2.24) is 24.1 Å². The van der Waals surface area contributed by atoms with Gasteiger partial charge in [0.15, 0.2) is 10.7 Å². The van der Waals surface area contributed by atoms with E-state index in [1.165, 1.54) is 16.3 Å². The molecule has 0 saturated carbocycles. The Morgan fingerprint density at radius 1 is 1.08 bits per heavy atom. The van der Waals surface area contributed by atoms with E-state index in [1.807, 2.05) is 52.9 Å². The number of aromatic nitrogens is 5. The van der Waals surface area contributed by atoms with E-state index >= 15 is 0 Å². The lowest BCUT2D eigenvalue weighted by atomic mass is 10.2. The maximum Gasteiger partial charge on any atom is 0.262 e. The Hall–Kier alpha value is -3.13. The summed E-state index contributed by atoms with van der Waals surface area (Å²) in [6, 6.07) is 15.1. The van der Waals surface area contributed by atoms with Crippen LogP contribution in [0.25, 0.3) is 27.8 Å². The molecule has 0 amide bonds. The largest absolute Gasteiger partial charge is 0.440 e. The average Bonchev–Trinajstić information content (AvgIpc) is 3.28. The van der Waals surface area contributed by atoms with Gasteiger partial charge in [0.1, 0.15) is 5.52 Å². The number of hydrogen-bond donors (Lipinski definition) is 0. The number of nitrogens with zero attached hydrogens (tertiary/aromatic N) is 5. The predicted octanol–water partition coefficient (Wildman–Crippen LogP) is 3.01. The van der Waals surface area contributed by atoms with Gasteiger partial charge in [-0.15, -0.1) is 10.2 Å². The summed E-state index contributed by atoms with van der Waals surface area (Å²) >= 11 is 1.47. The number of rotatable bonds is 3. The molecule has 8 heteroatoms. The van der Waals surface area contributed by atoms with Gasteiger partial charge in [0.05, 0.1) is 16.7 Å². The first-order valence-electron chi connectivity index (χ1n) is 8.02. The van der Waals surface area contributed by atoms with Crippen LogP contribution in [-0.4, -0.2) is 24.1 Å². The topological polar surface area (TPSA) is 78.2 Å². The molecule has 0 saturated heterocycles. The molecule has 0 unspecified atom stereocenters. The first kappa shape index (κ1) is 15.2. The summed E-state index contributed by atoms with van der Waals surface area (Å²) in [6.45, 7) is 0. The molecule has 7 nitrogen and oxygen atoms in total. The van der Waals surface area contributed by atoms with E-state index in [-0.39, 0.29) is 5.56 Å². The highest BCUT2D eigenvalue weighted by Gasteiger charge is 2.16. The van der Waals surface area contributed by atoms with Crippen molar-refractivity contribution >= 4 is 39.5 Å². The molecular formula is C18H13N5O2S. The average molecular weight is 363 g/mol. The molecular weight excluding hydrogens is 350 g/mol. The third-order valence-corrected chi connectivity index (χ3v) is 5.17. The van der Waals surface area contributed by atoms with Gasteiger partial charge < -0.3 is 4.42 Å². The second-order valence-corrected chi connectivity index (χ2v) is 6.81. The molecule has 0 atom stereocenters. The van der Waals surface area contributed by atoms with Crippen molar-refractivity contribution in [2.24, 2.45) is 7.05 Å².